The third kappa shape index (κ3) is 3.76. The monoisotopic (exact) mass is 329 g/mol. The molecule has 0 aromatic carbocycles. The van der Waals surface area contributed by atoms with Crippen molar-refractivity contribution in [2.75, 3.05) is 0 Å². The molecule has 2 heterocycles. The average molecular weight is 330 g/mol. The fourth-order valence-corrected chi connectivity index (χ4v) is 3.85. The molecule has 2 aromatic heterocycles. The molecule has 0 amide bonds. The maximum atomic E-state index is 4.62. The molecule has 2 aromatic rings. The fraction of sp³-hybridized carbons (Fsp3) is 0.667. The van der Waals surface area contributed by atoms with E-state index in [4.69, 9.17) is 0 Å². The Hall–Kier alpha value is -1.51. The number of imidazole rings is 1. The normalized spacial score (nSPS) is 14.6. The van der Waals surface area contributed by atoms with E-state index in [1.165, 1.54) is 35.7 Å². The Kier molecular flexibility index (Phi) is 5.95. The summed E-state index contributed by atoms with van der Waals surface area (Å²) >= 11 is 0. The van der Waals surface area contributed by atoms with Crippen LogP contribution in [-0.4, -0.2) is 14.1 Å². The SMILES string of the molecule is CC(C)c1ccc(C(C)CCC(C)c2cnc(C(C)C)n2C)n1C. The van der Waals surface area contributed by atoms with E-state index in [2.05, 4.69) is 88.1 Å². The Bertz CT molecular complexity index is 602. The minimum Gasteiger partial charge on any atom is -0.351 e. The molecule has 0 aliphatic carbocycles. The molecule has 0 bridgehead atoms. The smallest absolute Gasteiger partial charge is 0.111 e. The molecule has 0 N–H and O–H groups in total. The van der Waals surface area contributed by atoms with Crippen molar-refractivity contribution in [3.63, 3.8) is 0 Å². The van der Waals surface area contributed by atoms with E-state index in [1.54, 1.807) is 0 Å². The third-order valence-corrected chi connectivity index (χ3v) is 5.41. The zero-order chi connectivity index (χ0) is 18.0. The van der Waals surface area contributed by atoms with Crippen LogP contribution < -0.4 is 0 Å². The van der Waals surface area contributed by atoms with Gasteiger partial charge in [-0.05, 0) is 42.7 Å². The summed E-state index contributed by atoms with van der Waals surface area (Å²) in [6.07, 6.45) is 4.48. The van der Waals surface area contributed by atoms with Crippen LogP contribution in [0, 0.1) is 0 Å². The first-order valence-electron chi connectivity index (χ1n) is 9.41. The average Bonchev–Trinajstić information content (AvgIpc) is 3.07. The molecule has 3 heteroatoms. The molecular weight excluding hydrogens is 294 g/mol. The largest absolute Gasteiger partial charge is 0.351 e. The minimum absolute atomic E-state index is 0.479. The van der Waals surface area contributed by atoms with E-state index in [0.29, 0.717) is 23.7 Å². The number of hydrogen-bond acceptors (Lipinski definition) is 1. The quantitative estimate of drug-likeness (QED) is 0.639. The van der Waals surface area contributed by atoms with Crippen LogP contribution in [0.3, 0.4) is 0 Å². The predicted octanol–water partition coefficient (Wildman–Crippen LogP) is 5.69. The summed E-state index contributed by atoms with van der Waals surface area (Å²) in [5.41, 5.74) is 4.25. The highest BCUT2D eigenvalue weighted by Crippen LogP contribution is 2.30. The van der Waals surface area contributed by atoms with E-state index in [1.807, 2.05) is 0 Å². The zero-order valence-corrected chi connectivity index (χ0v) is 16.8. The van der Waals surface area contributed by atoms with Gasteiger partial charge in [0.1, 0.15) is 5.82 Å². The van der Waals surface area contributed by atoms with Crippen LogP contribution in [0.25, 0.3) is 0 Å². The lowest BCUT2D eigenvalue weighted by Crippen LogP contribution is -2.09. The lowest BCUT2D eigenvalue weighted by molar-refractivity contribution is 0.529. The van der Waals surface area contributed by atoms with Gasteiger partial charge in [0.2, 0.25) is 0 Å². The first kappa shape index (κ1) is 18.8. The molecule has 0 aliphatic rings. The maximum absolute atomic E-state index is 4.62. The molecule has 0 fully saturated rings. The summed E-state index contributed by atoms with van der Waals surface area (Å²) < 4.78 is 4.68. The highest BCUT2D eigenvalue weighted by molar-refractivity contribution is 5.21. The summed E-state index contributed by atoms with van der Waals surface area (Å²) in [5, 5.41) is 0. The zero-order valence-electron chi connectivity index (χ0n) is 16.8. The van der Waals surface area contributed by atoms with E-state index >= 15 is 0 Å². The number of nitrogens with zero attached hydrogens (tertiary/aromatic N) is 3. The lowest BCUT2D eigenvalue weighted by atomic mass is 9.94. The Morgan fingerprint density at radius 2 is 1.29 bits per heavy atom. The second-order valence-corrected chi connectivity index (χ2v) is 8.03. The second-order valence-electron chi connectivity index (χ2n) is 8.03. The lowest BCUT2D eigenvalue weighted by Gasteiger charge is -2.19. The van der Waals surface area contributed by atoms with Gasteiger partial charge in [0.05, 0.1) is 0 Å². The number of hydrogen-bond donors (Lipinski definition) is 0. The molecule has 2 unspecified atom stereocenters. The van der Waals surface area contributed by atoms with Gasteiger partial charge in [-0.15, -0.1) is 0 Å². The molecule has 0 saturated carbocycles. The summed E-state index contributed by atoms with van der Waals surface area (Å²) in [6.45, 7) is 13.6. The van der Waals surface area contributed by atoms with Gasteiger partial charge in [-0.2, -0.15) is 0 Å². The first-order valence-corrected chi connectivity index (χ1v) is 9.41. The van der Waals surface area contributed by atoms with Gasteiger partial charge in [0.25, 0.3) is 0 Å². The number of rotatable bonds is 7. The number of aromatic nitrogens is 3. The predicted molar refractivity (Wildman–Crippen MR) is 103 cm³/mol. The van der Waals surface area contributed by atoms with E-state index in [9.17, 15) is 0 Å². The second kappa shape index (κ2) is 7.58. The van der Waals surface area contributed by atoms with Gasteiger partial charge in [-0.1, -0.05) is 41.5 Å². The van der Waals surface area contributed by atoms with Crippen LogP contribution in [0.5, 0.6) is 0 Å². The molecule has 24 heavy (non-hydrogen) atoms. The Morgan fingerprint density at radius 1 is 0.750 bits per heavy atom. The van der Waals surface area contributed by atoms with Crippen LogP contribution in [0.4, 0.5) is 0 Å². The van der Waals surface area contributed by atoms with Gasteiger partial charge in [0.15, 0.2) is 0 Å². The third-order valence-electron chi connectivity index (χ3n) is 5.41. The molecule has 0 spiro atoms. The van der Waals surface area contributed by atoms with E-state index < -0.39 is 0 Å². The van der Waals surface area contributed by atoms with Crippen molar-refractivity contribution in [3.05, 3.63) is 41.2 Å². The fourth-order valence-electron chi connectivity index (χ4n) is 3.85. The van der Waals surface area contributed by atoms with Gasteiger partial charge in [0, 0.05) is 43.3 Å². The van der Waals surface area contributed by atoms with Crippen LogP contribution in [0.2, 0.25) is 0 Å². The molecule has 0 saturated heterocycles. The van der Waals surface area contributed by atoms with Crippen molar-refractivity contribution in [1.29, 1.82) is 0 Å². The Balaban J connectivity index is 2.02. The molecule has 3 nitrogen and oxygen atoms in total. The van der Waals surface area contributed by atoms with Crippen molar-refractivity contribution in [2.24, 2.45) is 14.1 Å². The summed E-state index contributed by atoms with van der Waals surface area (Å²) in [4.78, 5) is 4.62. The molecule has 134 valence electrons. The summed E-state index contributed by atoms with van der Waals surface area (Å²) in [5.74, 6) is 3.38. The van der Waals surface area contributed by atoms with Crippen LogP contribution in [0.1, 0.15) is 101 Å². The maximum Gasteiger partial charge on any atom is 0.111 e. The molecule has 2 rings (SSSR count). The van der Waals surface area contributed by atoms with Crippen molar-refractivity contribution in [1.82, 2.24) is 14.1 Å². The van der Waals surface area contributed by atoms with Gasteiger partial charge >= 0.3 is 0 Å². The molecule has 2 atom stereocenters. The highest BCUT2D eigenvalue weighted by Gasteiger charge is 2.18. The molecule has 0 aliphatic heterocycles. The van der Waals surface area contributed by atoms with Crippen LogP contribution in [0.15, 0.2) is 18.3 Å². The first-order chi connectivity index (χ1) is 11.2. The van der Waals surface area contributed by atoms with E-state index in [0.717, 1.165) is 0 Å². The molecule has 0 radical (unpaired) electrons. The van der Waals surface area contributed by atoms with Crippen LogP contribution in [-0.2, 0) is 14.1 Å². The summed E-state index contributed by atoms with van der Waals surface area (Å²) in [6, 6.07) is 4.60. The van der Waals surface area contributed by atoms with Gasteiger partial charge in [-0.25, -0.2) is 4.98 Å². The van der Waals surface area contributed by atoms with Crippen molar-refractivity contribution in [2.45, 2.75) is 78.1 Å². The molecular formula is C21H35N3. The minimum atomic E-state index is 0.479. The van der Waals surface area contributed by atoms with E-state index in [-0.39, 0.29) is 0 Å². The van der Waals surface area contributed by atoms with Crippen molar-refractivity contribution < 1.29 is 0 Å². The Labute approximate surface area is 148 Å². The van der Waals surface area contributed by atoms with Gasteiger partial charge in [-0.3, -0.25) is 0 Å². The van der Waals surface area contributed by atoms with Crippen molar-refractivity contribution in [3.8, 4) is 0 Å². The van der Waals surface area contributed by atoms with Gasteiger partial charge < -0.3 is 9.13 Å². The van der Waals surface area contributed by atoms with Crippen molar-refractivity contribution >= 4 is 0 Å². The summed E-state index contributed by atoms with van der Waals surface area (Å²) in [7, 11) is 4.37. The topological polar surface area (TPSA) is 22.8 Å². The van der Waals surface area contributed by atoms with Crippen LogP contribution >= 0.6 is 0 Å². The Morgan fingerprint density at radius 3 is 1.75 bits per heavy atom. The standard InChI is InChI=1S/C21H35N3/c1-14(2)18-11-12-19(23(18)7)16(5)9-10-17(6)20-13-22-21(15(3)4)24(20)8/h11-17H,9-10H2,1-8H3. The highest BCUT2D eigenvalue weighted by atomic mass is 15.1.